The Balaban J connectivity index is 0.00000288. The lowest BCUT2D eigenvalue weighted by molar-refractivity contribution is -0.123. The summed E-state index contributed by atoms with van der Waals surface area (Å²) < 4.78 is 11.0. The van der Waals surface area contributed by atoms with Crippen LogP contribution < -0.4 is 20.5 Å². The summed E-state index contributed by atoms with van der Waals surface area (Å²) in [5, 5.41) is 2.78. The van der Waals surface area contributed by atoms with Crippen molar-refractivity contribution in [1.29, 1.82) is 0 Å². The Kier molecular flexibility index (Phi) is 12.2. The first-order valence-electron chi connectivity index (χ1n) is 7.56. The van der Waals surface area contributed by atoms with E-state index in [-0.39, 0.29) is 37.3 Å². The van der Waals surface area contributed by atoms with Crippen LogP contribution in [0.4, 0.5) is 0 Å². The van der Waals surface area contributed by atoms with Gasteiger partial charge in [-0.05, 0) is 49.7 Å². The van der Waals surface area contributed by atoms with Crippen molar-refractivity contribution >= 4 is 30.7 Å². The molecule has 2 rings (SSSR count). The monoisotopic (exact) mass is 387 g/mol. The number of ether oxygens (including phenoxy) is 2. The van der Waals surface area contributed by atoms with E-state index in [1.165, 1.54) is 0 Å². The first-order chi connectivity index (χ1) is 11.3. The molecule has 0 aliphatic rings. The number of nitrogens with two attached hydrogens (primary N) is 1. The second kappa shape index (κ2) is 13.3. The van der Waals surface area contributed by atoms with Crippen molar-refractivity contribution in [3.05, 3.63) is 48.7 Å². The number of hydrogen-bond donors (Lipinski definition) is 2. The Hall–Kier alpha value is -2.02. The van der Waals surface area contributed by atoms with Gasteiger partial charge in [-0.3, -0.25) is 4.79 Å². The molecule has 25 heavy (non-hydrogen) atoms. The molecule has 1 aromatic heterocycles. The van der Waals surface area contributed by atoms with E-state index in [1.54, 1.807) is 36.5 Å². The third-order valence-electron chi connectivity index (χ3n) is 3.01. The van der Waals surface area contributed by atoms with Crippen LogP contribution in [0.1, 0.15) is 12.8 Å². The maximum absolute atomic E-state index is 11.6. The number of benzene rings is 1. The van der Waals surface area contributed by atoms with Gasteiger partial charge in [-0.25, -0.2) is 4.98 Å². The van der Waals surface area contributed by atoms with Gasteiger partial charge in [0.1, 0.15) is 11.5 Å². The minimum absolute atomic E-state index is 0. The van der Waals surface area contributed by atoms with Gasteiger partial charge in [0.05, 0.1) is 0 Å². The molecule has 0 unspecified atom stereocenters. The lowest BCUT2D eigenvalue weighted by Crippen LogP contribution is -2.29. The molecule has 0 saturated heterocycles. The van der Waals surface area contributed by atoms with Gasteiger partial charge in [-0.1, -0.05) is 6.07 Å². The number of carbonyl (C=O) groups is 1. The lowest BCUT2D eigenvalue weighted by atomic mass is 10.3. The largest absolute Gasteiger partial charge is 0.484 e. The van der Waals surface area contributed by atoms with Crippen molar-refractivity contribution in [2.45, 2.75) is 12.8 Å². The predicted octanol–water partition coefficient (Wildman–Crippen LogP) is 2.95. The second-order valence-corrected chi connectivity index (χ2v) is 4.88. The summed E-state index contributed by atoms with van der Waals surface area (Å²) in [5.41, 5.74) is 5.39. The zero-order valence-electron chi connectivity index (χ0n) is 13.7. The molecular formula is C17H23Cl2N3O3. The van der Waals surface area contributed by atoms with Crippen molar-refractivity contribution in [2.24, 2.45) is 5.73 Å². The number of pyridine rings is 1. The number of nitrogens with zero attached hydrogens (tertiary/aromatic N) is 1. The summed E-state index contributed by atoms with van der Waals surface area (Å²) in [4.78, 5) is 15.7. The van der Waals surface area contributed by atoms with E-state index in [2.05, 4.69) is 10.3 Å². The first-order valence-corrected chi connectivity index (χ1v) is 7.56. The van der Waals surface area contributed by atoms with E-state index in [9.17, 15) is 4.79 Å². The molecule has 0 aliphatic carbocycles. The zero-order chi connectivity index (χ0) is 16.3. The number of halogens is 2. The average Bonchev–Trinajstić information content (AvgIpc) is 2.59. The molecule has 1 aromatic carbocycles. The fourth-order valence-corrected chi connectivity index (χ4v) is 1.83. The van der Waals surface area contributed by atoms with E-state index in [4.69, 9.17) is 15.2 Å². The summed E-state index contributed by atoms with van der Waals surface area (Å²) in [5.74, 6) is 1.65. The van der Waals surface area contributed by atoms with E-state index in [0.29, 0.717) is 30.5 Å². The average molecular weight is 388 g/mol. The molecule has 1 heterocycles. The maximum Gasteiger partial charge on any atom is 0.257 e. The van der Waals surface area contributed by atoms with E-state index in [0.717, 1.165) is 12.8 Å². The molecule has 8 heteroatoms. The third-order valence-corrected chi connectivity index (χ3v) is 3.01. The summed E-state index contributed by atoms with van der Waals surface area (Å²) in [7, 11) is 0. The topological polar surface area (TPSA) is 86.5 Å². The molecular weight excluding hydrogens is 365 g/mol. The molecule has 0 bridgehead atoms. The van der Waals surface area contributed by atoms with E-state index >= 15 is 0 Å². The van der Waals surface area contributed by atoms with Crippen molar-refractivity contribution in [3.8, 4) is 17.4 Å². The molecule has 0 aliphatic heterocycles. The van der Waals surface area contributed by atoms with Gasteiger partial charge < -0.3 is 20.5 Å². The molecule has 2 aromatic rings. The van der Waals surface area contributed by atoms with Crippen LogP contribution >= 0.6 is 24.8 Å². The molecule has 1 amide bonds. The summed E-state index contributed by atoms with van der Waals surface area (Å²) in [6.07, 6.45) is 3.44. The normalized spacial score (nSPS) is 9.32. The SMILES string of the molecule is Cl.Cl.NCCCCNC(=O)COc1ccc(Oc2ccccn2)cc1. The zero-order valence-corrected chi connectivity index (χ0v) is 15.4. The minimum Gasteiger partial charge on any atom is -0.484 e. The highest BCUT2D eigenvalue weighted by atomic mass is 35.5. The second-order valence-electron chi connectivity index (χ2n) is 4.88. The van der Waals surface area contributed by atoms with Crippen molar-refractivity contribution in [1.82, 2.24) is 10.3 Å². The number of amides is 1. The molecule has 0 fully saturated rings. The highest BCUT2D eigenvalue weighted by Gasteiger charge is 2.03. The third kappa shape index (κ3) is 9.14. The molecule has 0 spiro atoms. The smallest absolute Gasteiger partial charge is 0.257 e. The van der Waals surface area contributed by atoms with Crippen LogP contribution in [0, 0.1) is 0 Å². The highest BCUT2D eigenvalue weighted by Crippen LogP contribution is 2.22. The van der Waals surface area contributed by atoms with Crippen LogP contribution in [0.3, 0.4) is 0 Å². The molecule has 0 atom stereocenters. The number of rotatable bonds is 9. The van der Waals surface area contributed by atoms with Gasteiger partial charge >= 0.3 is 0 Å². The number of aromatic nitrogens is 1. The maximum atomic E-state index is 11.6. The van der Waals surface area contributed by atoms with E-state index < -0.39 is 0 Å². The predicted molar refractivity (Wildman–Crippen MR) is 102 cm³/mol. The molecule has 138 valence electrons. The van der Waals surface area contributed by atoms with Crippen LogP contribution in [-0.4, -0.2) is 30.6 Å². The minimum atomic E-state index is -0.143. The van der Waals surface area contributed by atoms with Gasteiger partial charge in [0.2, 0.25) is 5.88 Å². The van der Waals surface area contributed by atoms with Gasteiger partial charge in [-0.15, -0.1) is 24.8 Å². The van der Waals surface area contributed by atoms with Crippen LogP contribution in [0.2, 0.25) is 0 Å². The Bertz CT molecular complexity index is 598. The van der Waals surface area contributed by atoms with Crippen LogP contribution in [0.25, 0.3) is 0 Å². The fourth-order valence-electron chi connectivity index (χ4n) is 1.83. The number of hydrogen-bond acceptors (Lipinski definition) is 5. The summed E-state index contributed by atoms with van der Waals surface area (Å²) in [6, 6.07) is 12.5. The van der Waals surface area contributed by atoms with Crippen LogP contribution in [0.15, 0.2) is 48.7 Å². The van der Waals surface area contributed by atoms with Crippen LogP contribution in [-0.2, 0) is 4.79 Å². The van der Waals surface area contributed by atoms with Crippen molar-refractivity contribution in [3.63, 3.8) is 0 Å². The van der Waals surface area contributed by atoms with Gasteiger partial charge in [-0.2, -0.15) is 0 Å². The quantitative estimate of drug-likeness (QED) is 0.645. The Morgan fingerprint density at radius 2 is 1.76 bits per heavy atom. The summed E-state index contributed by atoms with van der Waals surface area (Å²) in [6.45, 7) is 1.25. The van der Waals surface area contributed by atoms with Crippen LogP contribution in [0.5, 0.6) is 17.4 Å². The van der Waals surface area contributed by atoms with Crippen molar-refractivity contribution < 1.29 is 14.3 Å². The van der Waals surface area contributed by atoms with Gasteiger partial charge in [0.25, 0.3) is 5.91 Å². The van der Waals surface area contributed by atoms with Gasteiger partial charge in [0.15, 0.2) is 6.61 Å². The van der Waals surface area contributed by atoms with Gasteiger partial charge in [0, 0.05) is 18.8 Å². The summed E-state index contributed by atoms with van der Waals surface area (Å²) >= 11 is 0. The molecule has 6 nitrogen and oxygen atoms in total. The Labute approximate surface area is 159 Å². The van der Waals surface area contributed by atoms with Crippen molar-refractivity contribution in [2.75, 3.05) is 19.7 Å². The fraction of sp³-hybridized carbons (Fsp3) is 0.294. The number of nitrogens with one attached hydrogen (secondary N) is 1. The molecule has 0 radical (unpaired) electrons. The Morgan fingerprint density at radius 1 is 1.04 bits per heavy atom. The lowest BCUT2D eigenvalue weighted by Gasteiger charge is -2.08. The molecule has 0 saturated carbocycles. The van der Waals surface area contributed by atoms with E-state index in [1.807, 2.05) is 12.1 Å². The standard InChI is InChI=1S/C17H21N3O3.2ClH/c18-10-2-4-11-19-16(21)13-22-14-6-8-15(9-7-14)23-17-5-1-3-12-20-17;;/h1,3,5-9,12H,2,4,10-11,13,18H2,(H,19,21);2*1H. The Morgan fingerprint density at radius 3 is 2.40 bits per heavy atom. The highest BCUT2D eigenvalue weighted by molar-refractivity contribution is 5.85. The molecule has 3 N–H and O–H groups in total. The number of carbonyl (C=O) groups excluding carboxylic acids is 1. The number of unbranched alkanes of at least 4 members (excludes halogenated alkanes) is 1. The first kappa shape index (κ1) is 23.0.